The van der Waals surface area contributed by atoms with Crippen LogP contribution in [0.15, 0.2) is 29.0 Å². The molecule has 0 unspecified atom stereocenters. The van der Waals surface area contributed by atoms with E-state index >= 15 is 0 Å². The predicted molar refractivity (Wildman–Crippen MR) is 72.8 cm³/mol. The number of nitrogens with zero attached hydrogens (tertiary/aromatic N) is 3. The van der Waals surface area contributed by atoms with Crippen molar-refractivity contribution in [2.45, 2.75) is 6.42 Å². The molecule has 0 aliphatic carbocycles. The molecule has 1 aromatic carbocycles. The van der Waals surface area contributed by atoms with E-state index in [9.17, 15) is 9.90 Å². The van der Waals surface area contributed by atoms with Gasteiger partial charge < -0.3 is 10.4 Å². The van der Waals surface area contributed by atoms with Crippen LogP contribution in [-0.2, 0) is 13.5 Å². The number of hydrogen-bond acceptors (Lipinski definition) is 4. The average Bonchev–Trinajstić information content (AvgIpc) is 2.78. The van der Waals surface area contributed by atoms with Crippen LogP contribution in [-0.4, -0.2) is 32.3 Å². The maximum absolute atomic E-state index is 11.8. The zero-order chi connectivity index (χ0) is 13.8. The SMILES string of the molecule is Cn1cnc(CCNC(=O)c2ccc(Br)c(O)c2)n1. The lowest BCUT2D eigenvalue weighted by Crippen LogP contribution is -2.25. The number of halogens is 1. The molecule has 0 fully saturated rings. The fourth-order valence-corrected chi connectivity index (χ4v) is 1.79. The molecule has 2 aromatic rings. The van der Waals surface area contributed by atoms with Gasteiger partial charge in [-0.15, -0.1) is 0 Å². The zero-order valence-electron chi connectivity index (χ0n) is 10.3. The van der Waals surface area contributed by atoms with Gasteiger partial charge in [0.1, 0.15) is 12.1 Å². The maximum atomic E-state index is 11.8. The van der Waals surface area contributed by atoms with Gasteiger partial charge in [0.05, 0.1) is 4.47 Å². The quantitative estimate of drug-likeness (QED) is 0.887. The largest absolute Gasteiger partial charge is 0.507 e. The van der Waals surface area contributed by atoms with E-state index in [1.54, 1.807) is 30.2 Å². The number of aromatic hydroxyl groups is 1. The van der Waals surface area contributed by atoms with E-state index < -0.39 is 0 Å². The van der Waals surface area contributed by atoms with Crippen LogP contribution in [0.5, 0.6) is 5.75 Å². The lowest BCUT2D eigenvalue weighted by Gasteiger charge is -2.05. The highest BCUT2D eigenvalue weighted by molar-refractivity contribution is 9.10. The van der Waals surface area contributed by atoms with Crippen LogP contribution < -0.4 is 5.32 Å². The molecule has 7 heteroatoms. The number of carbonyl (C=O) groups excluding carboxylic acids is 1. The fourth-order valence-electron chi connectivity index (χ4n) is 1.54. The van der Waals surface area contributed by atoms with Crippen molar-refractivity contribution >= 4 is 21.8 Å². The summed E-state index contributed by atoms with van der Waals surface area (Å²) in [5.41, 5.74) is 0.412. The fraction of sp³-hybridized carbons (Fsp3) is 0.250. The van der Waals surface area contributed by atoms with Crippen LogP contribution in [0.25, 0.3) is 0 Å². The van der Waals surface area contributed by atoms with Gasteiger partial charge in [-0.2, -0.15) is 5.10 Å². The van der Waals surface area contributed by atoms with Crippen LogP contribution >= 0.6 is 15.9 Å². The van der Waals surface area contributed by atoms with E-state index in [0.717, 1.165) is 0 Å². The minimum absolute atomic E-state index is 0.0408. The van der Waals surface area contributed by atoms with Gasteiger partial charge in [-0.1, -0.05) is 0 Å². The van der Waals surface area contributed by atoms with Crippen LogP contribution in [0.1, 0.15) is 16.2 Å². The van der Waals surface area contributed by atoms with E-state index in [2.05, 4.69) is 31.3 Å². The molecule has 0 saturated carbocycles. The van der Waals surface area contributed by atoms with Crippen molar-refractivity contribution < 1.29 is 9.90 Å². The summed E-state index contributed by atoms with van der Waals surface area (Å²) in [4.78, 5) is 15.9. The number of aromatic nitrogens is 3. The third kappa shape index (κ3) is 3.54. The lowest BCUT2D eigenvalue weighted by molar-refractivity contribution is 0.0953. The monoisotopic (exact) mass is 324 g/mol. The number of phenols is 1. The highest BCUT2D eigenvalue weighted by Gasteiger charge is 2.08. The summed E-state index contributed by atoms with van der Waals surface area (Å²) in [6.45, 7) is 0.444. The molecule has 1 amide bonds. The first-order chi connectivity index (χ1) is 9.06. The summed E-state index contributed by atoms with van der Waals surface area (Å²) >= 11 is 3.16. The van der Waals surface area contributed by atoms with Crippen molar-refractivity contribution in [1.82, 2.24) is 20.1 Å². The van der Waals surface area contributed by atoms with Gasteiger partial charge in [0.15, 0.2) is 5.82 Å². The molecule has 19 heavy (non-hydrogen) atoms. The lowest BCUT2D eigenvalue weighted by atomic mass is 10.2. The zero-order valence-corrected chi connectivity index (χ0v) is 11.9. The van der Waals surface area contributed by atoms with Crippen molar-refractivity contribution in [2.24, 2.45) is 7.05 Å². The number of amides is 1. The van der Waals surface area contributed by atoms with Gasteiger partial charge >= 0.3 is 0 Å². The molecule has 1 heterocycles. The Morgan fingerprint density at radius 3 is 2.95 bits per heavy atom. The molecule has 2 rings (SSSR count). The van der Waals surface area contributed by atoms with Crippen LogP contribution in [0.4, 0.5) is 0 Å². The first-order valence-corrected chi connectivity index (χ1v) is 6.47. The van der Waals surface area contributed by atoms with E-state index in [0.29, 0.717) is 28.8 Å². The predicted octanol–water partition coefficient (Wildman–Crippen LogP) is 1.26. The Morgan fingerprint density at radius 1 is 1.53 bits per heavy atom. The van der Waals surface area contributed by atoms with E-state index in [4.69, 9.17) is 0 Å². The third-order valence-corrected chi connectivity index (χ3v) is 3.16. The highest BCUT2D eigenvalue weighted by Crippen LogP contribution is 2.24. The number of aryl methyl sites for hydroxylation is 1. The van der Waals surface area contributed by atoms with Gasteiger partial charge in [0.25, 0.3) is 5.91 Å². The van der Waals surface area contributed by atoms with Gasteiger partial charge in [0.2, 0.25) is 0 Å². The smallest absolute Gasteiger partial charge is 0.251 e. The van der Waals surface area contributed by atoms with Crippen molar-refractivity contribution in [2.75, 3.05) is 6.54 Å². The van der Waals surface area contributed by atoms with Crippen LogP contribution in [0.2, 0.25) is 0 Å². The Morgan fingerprint density at radius 2 is 2.32 bits per heavy atom. The van der Waals surface area contributed by atoms with Crippen molar-refractivity contribution in [3.8, 4) is 5.75 Å². The first kappa shape index (κ1) is 13.5. The molecule has 2 N–H and O–H groups in total. The van der Waals surface area contributed by atoms with Crippen molar-refractivity contribution in [3.05, 3.63) is 40.4 Å². The van der Waals surface area contributed by atoms with Crippen LogP contribution in [0.3, 0.4) is 0 Å². The van der Waals surface area contributed by atoms with Crippen molar-refractivity contribution in [3.63, 3.8) is 0 Å². The van der Waals surface area contributed by atoms with Gasteiger partial charge in [-0.25, -0.2) is 4.98 Å². The highest BCUT2D eigenvalue weighted by atomic mass is 79.9. The molecule has 1 aromatic heterocycles. The van der Waals surface area contributed by atoms with Crippen LogP contribution in [0, 0.1) is 0 Å². The Kier molecular flexibility index (Phi) is 4.16. The molecular formula is C12H13BrN4O2. The second kappa shape index (κ2) is 5.83. The maximum Gasteiger partial charge on any atom is 0.251 e. The minimum Gasteiger partial charge on any atom is -0.507 e. The molecule has 0 atom stereocenters. The second-order valence-corrected chi connectivity index (χ2v) is 4.86. The van der Waals surface area contributed by atoms with Gasteiger partial charge in [-0.3, -0.25) is 9.48 Å². The standard InChI is InChI=1S/C12H13BrN4O2/c1-17-7-15-11(16-17)4-5-14-12(19)8-2-3-9(13)10(18)6-8/h2-3,6-7,18H,4-5H2,1H3,(H,14,19). The number of hydrogen-bond donors (Lipinski definition) is 2. The second-order valence-electron chi connectivity index (χ2n) is 4.01. The summed E-state index contributed by atoms with van der Waals surface area (Å²) in [5, 5.41) is 16.4. The van der Waals surface area contributed by atoms with E-state index in [1.807, 2.05) is 0 Å². The van der Waals surface area contributed by atoms with E-state index in [-0.39, 0.29) is 11.7 Å². The van der Waals surface area contributed by atoms with Gasteiger partial charge in [-0.05, 0) is 34.1 Å². The van der Waals surface area contributed by atoms with Crippen molar-refractivity contribution in [1.29, 1.82) is 0 Å². The summed E-state index contributed by atoms with van der Waals surface area (Å²) in [6.07, 6.45) is 2.18. The molecule has 0 radical (unpaired) electrons. The molecule has 0 aliphatic heterocycles. The Balaban J connectivity index is 1.89. The number of benzene rings is 1. The third-order valence-electron chi connectivity index (χ3n) is 2.49. The Hall–Kier alpha value is -1.89. The molecule has 0 spiro atoms. The summed E-state index contributed by atoms with van der Waals surface area (Å²) < 4.78 is 2.17. The number of carbonyl (C=O) groups is 1. The summed E-state index contributed by atoms with van der Waals surface area (Å²) in [5.74, 6) is 0.485. The Labute approximate surface area is 118 Å². The molecule has 6 nitrogen and oxygen atoms in total. The number of phenolic OH excluding ortho intramolecular Hbond substituents is 1. The summed E-state index contributed by atoms with van der Waals surface area (Å²) in [7, 11) is 1.79. The van der Waals surface area contributed by atoms with E-state index in [1.165, 1.54) is 6.07 Å². The number of nitrogens with one attached hydrogen (secondary N) is 1. The molecular weight excluding hydrogens is 312 g/mol. The topological polar surface area (TPSA) is 80.0 Å². The molecule has 0 bridgehead atoms. The molecule has 0 aliphatic rings. The number of rotatable bonds is 4. The molecule has 100 valence electrons. The minimum atomic E-state index is -0.237. The van der Waals surface area contributed by atoms with Gasteiger partial charge in [0, 0.05) is 25.6 Å². The molecule has 0 saturated heterocycles. The normalized spacial score (nSPS) is 10.4. The Bertz CT molecular complexity index is 597. The summed E-state index contributed by atoms with van der Waals surface area (Å²) in [6, 6.07) is 4.68. The average molecular weight is 325 g/mol. The first-order valence-electron chi connectivity index (χ1n) is 5.67.